The molecule has 1 N–H and O–H groups in total. The molecule has 8 heteroatoms. The molecular weight excluding hydrogens is 402 g/mol. The second-order valence-corrected chi connectivity index (χ2v) is 7.88. The van der Waals surface area contributed by atoms with Gasteiger partial charge in [-0.25, -0.2) is 0 Å². The molecule has 28 heavy (non-hydrogen) atoms. The van der Waals surface area contributed by atoms with Gasteiger partial charge in [-0.2, -0.15) is 0 Å². The van der Waals surface area contributed by atoms with E-state index < -0.39 is 10.8 Å². The fraction of sp³-hybridized carbons (Fsp3) is 0.150. The van der Waals surface area contributed by atoms with Crippen LogP contribution in [0.2, 0.25) is 5.02 Å². The molecular formula is C20H16ClNO5S. The number of hydrogen-bond donors (Lipinski definition) is 1. The molecule has 0 radical (unpaired) electrons. The van der Waals surface area contributed by atoms with Crippen molar-refractivity contribution in [3.8, 4) is 11.5 Å². The molecule has 3 aromatic rings. The van der Waals surface area contributed by atoms with Crippen molar-refractivity contribution in [3.63, 3.8) is 0 Å². The fourth-order valence-corrected chi connectivity index (χ4v) is 4.21. The highest BCUT2D eigenvalue weighted by Crippen LogP contribution is 2.32. The summed E-state index contributed by atoms with van der Waals surface area (Å²) in [6, 6.07) is 15.6. The van der Waals surface area contributed by atoms with Crippen LogP contribution in [0.15, 0.2) is 63.9 Å². The summed E-state index contributed by atoms with van der Waals surface area (Å²) in [7, 11) is -1.36. The Morgan fingerprint density at radius 3 is 2.75 bits per heavy atom. The molecule has 0 bridgehead atoms. The monoisotopic (exact) mass is 417 g/mol. The highest BCUT2D eigenvalue weighted by Gasteiger charge is 2.16. The summed E-state index contributed by atoms with van der Waals surface area (Å²) < 4.78 is 28.6. The number of furan rings is 1. The Bertz CT molecular complexity index is 1050. The average molecular weight is 418 g/mol. The number of rotatable bonds is 6. The molecule has 0 unspecified atom stereocenters. The lowest BCUT2D eigenvalue weighted by Gasteiger charge is -2.05. The lowest BCUT2D eigenvalue weighted by Crippen LogP contribution is -2.22. The molecule has 0 fully saturated rings. The summed E-state index contributed by atoms with van der Waals surface area (Å²) in [5.74, 6) is 1.75. The van der Waals surface area contributed by atoms with Crippen LogP contribution in [0.5, 0.6) is 11.5 Å². The van der Waals surface area contributed by atoms with Gasteiger partial charge in [0.1, 0.15) is 5.76 Å². The molecule has 0 spiro atoms. The van der Waals surface area contributed by atoms with Crippen molar-refractivity contribution >= 4 is 28.3 Å². The van der Waals surface area contributed by atoms with Crippen molar-refractivity contribution in [2.24, 2.45) is 0 Å². The van der Waals surface area contributed by atoms with Crippen LogP contribution in [0, 0.1) is 0 Å². The summed E-state index contributed by atoms with van der Waals surface area (Å²) in [5.41, 5.74) is 0.879. The van der Waals surface area contributed by atoms with Gasteiger partial charge in [0.2, 0.25) is 6.79 Å². The maximum absolute atomic E-state index is 12.5. The van der Waals surface area contributed by atoms with E-state index in [1.807, 2.05) is 12.1 Å². The Kier molecular flexibility index (Phi) is 5.36. The van der Waals surface area contributed by atoms with Gasteiger partial charge in [-0.05, 0) is 42.0 Å². The zero-order chi connectivity index (χ0) is 19.5. The van der Waals surface area contributed by atoms with Gasteiger partial charge >= 0.3 is 0 Å². The third-order valence-corrected chi connectivity index (χ3v) is 5.97. The number of amides is 1. The number of halogens is 1. The summed E-state index contributed by atoms with van der Waals surface area (Å²) in [6.45, 7) is 0.521. The maximum atomic E-state index is 12.5. The summed E-state index contributed by atoms with van der Waals surface area (Å²) in [5, 5.41) is 3.23. The van der Waals surface area contributed by atoms with Crippen LogP contribution in [0.3, 0.4) is 0 Å². The highest BCUT2D eigenvalue weighted by atomic mass is 35.5. The Balaban J connectivity index is 1.36. The molecule has 0 saturated heterocycles. The van der Waals surface area contributed by atoms with Crippen molar-refractivity contribution in [2.75, 3.05) is 6.79 Å². The first-order valence-electron chi connectivity index (χ1n) is 8.48. The molecule has 6 nitrogen and oxygen atoms in total. The molecule has 1 amide bonds. The first kappa shape index (κ1) is 18.6. The number of hydrogen-bond acceptors (Lipinski definition) is 5. The summed E-state index contributed by atoms with van der Waals surface area (Å²) in [6.07, 6.45) is 0. The van der Waals surface area contributed by atoms with Crippen LogP contribution in [0.4, 0.5) is 0 Å². The number of ether oxygens (including phenoxy) is 2. The summed E-state index contributed by atoms with van der Waals surface area (Å²) >= 11 is 6.07. The highest BCUT2D eigenvalue weighted by molar-refractivity contribution is 7.84. The van der Waals surface area contributed by atoms with E-state index in [-0.39, 0.29) is 24.2 Å². The molecule has 1 aliphatic heterocycles. The van der Waals surface area contributed by atoms with Crippen molar-refractivity contribution in [1.29, 1.82) is 0 Å². The molecule has 1 aliphatic rings. The quantitative estimate of drug-likeness (QED) is 0.658. The molecule has 0 aliphatic carbocycles. The Morgan fingerprint density at radius 2 is 1.89 bits per heavy atom. The van der Waals surface area contributed by atoms with Crippen LogP contribution < -0.4 is 14.8 Å². The van der Waals surface area contributed by atoms with E-state index >= 15 is 0 Å². The van der Waals surface area contributed by atoms with Crippen LogP contribution in [0.25, 0.3) is 0 Å². The zero-order valence-electron chi connectivity index (χ0n) is 14.6. The lowest BCUT2D eigenvalue weighted by molar-refractivity contribution is 0.0921. The largest absolute Gasteiger partial charge is 0.455 e. The number of carbonyl (C=O) groups is 1. The topological polar surface area (TPSA) is 77.8 Å². The van der Waals surface area contributed by atoms with E-state index in [2.05, 4.69) is 5.32 Å². The van der Waals surface area contributed by atoms with Crippen molar-refractivity contribution in [3.05, 3.63) is 76.7 Å². The van der Waals surface area contributed by atoms with Gasteiger partial charge in [0, 0.05) is 6.54 Å². The third-order valence-electron chi connectivity index (χ3n) is 4.13. The predicted molar refractivity (Wildman–Crippen MR) is 104 cm³/mol. The molecule has 4 rings (SSSR count). The van der Waals surface area contributed by atoms with Gasteiger partial charge in [0.05, 0.1) is 26.5 Å². The molecule has 2 heterocycles. The first-order valence-corrected chi connectivity index (χ1v) is 10.2. The minimum atomic E-state index is -1.36. The Morgan fingerprint density at radius 1 is 1.07 bits per heavy atom. The van der Waals surface area contributed by atoms with Crippen molar-refractivity contribution in [2.45, 2.75) is 17.2 Å². The molecule has 1 atom stereocenters. The average Bonchev–Trinajstić information content (AvgIpc) is 3.35. The Hall–Kier alpha value is -2.77. The molecule has 0 saturated carbocycles. The lowest BCUT2D eigenvalue weighted by atomic mass is 10.2. The second kappa shape index (κ2) is 8.08. The minimum Gasteiger partial charge on any atom is -0.455 e. The van der Waals surface area contributed by atoms with Gasteiger partial charge in [-0.1, -0.05) is 29.8 Å². The molecule has 2 aromatic carbocycles. The van der Waals surface area contributed by atoms with E-state index in [0.29, 0.717) is 33.7 Å². The second-order valence-electron chi connectivity index (χ2n) is 6.06. The van der Waals surface area contributed by atoms with Gasteiger partial charge < -0.3 is 19.2 Å². The van der Waals surface area contributed by atoms with Gasteiger partial charge in [0.15, 0.2) is 17.3 Å². The maximum Gasteiger partial charge on any atom is 0.287 e. The standard InChI is InChI=1S/C20H16ClNO5S/c21-15-3-1-2-4-19(15)28(24)11-14-6-8-17(27-14)20(23)22-10-13-5-7-16-18(9-13)26-12-25-16/h1-9H,10-12H2,(H,22,23)/t28-/m0/s1. The normalized spacial score (nSPS) is 13.3. The minimum absolute atomic E-state index is 0.138. The van der Waals surface area contributed by atoms with E-state index in [4.69, 9.17) is 25.5 Å². The fourth-order valence-electron chi connectivity index (χ4n) is 2.73. The van der Waals surface area contributed by atoms with E-state index in [1.165, 1.54) is 0 Å². The molecule has 144 valence electrons. The smallest absolute Gasteiger partial charge is 0.287 e. The van der Waals surface area contributed by atoms with Gasteiger partial charge in [-0.3, -0.25) is 9.00 Å². The van der Waals surface area contributed by atoms with Crippen molar-refractivity contribution in [1.82, 2.24) is 5.32 Å². The predicted octanol–water partition coefficient (Wildman–Crippen LogP) is 3.90. The third kappa shape index (κ3) is 4.05. The van der Waals surface area contributed by atoms with E-state index in [9.17, 15) is 9.00 Å². The van der Waals surface area contributed by atoms with Gasteiger partial charge in [-0.15, -0.1) is 0 Å². The van der Waals surface area contributed by atoms with Crippen LogP contribution in [-0.4, -0.2) is 16.9 Å². The number of nitrogens with one attached hydrogen (secondary N) is 1. The Labute approximate surface area is 168 Å². The van der Waals surface area contributed by atoms with Crippen LogP contribution >= 0.6 is 11.6 Å². The van der Waals surface area contributed by atoms with Crippen molar-refractivity contribution < 1.29 is 22.9 Å². The van der Waals surface area contributed by atoms with Crippen LogP contribution in [0.1, 0.15) is 21.9 Å². The number of fused-ring (bicyclic) bond motifs is 1. The SMILES string of the molecule is O=C(NCc1ccc2c(c1)OCO2)c1ccc(C[S@](=O)c2ccccc2Cl)o1. The van der Waals surface area contributed by atoms with E-state index in [1.54, 1.807) is 42.5 Å². The van der Waals surface area contributed by atoms with Crippen LogP contribution in [-0.2, 0) is 23.1 Å². The van der Waals surface area contributed by atoms with E-state index in [0.717, 1.165) is 5.56 Å². The first-order chi connectivity index (χ1) is 13.6. The number of benzene rings is 2. The number of carbonyl (C=O) groups excluding carboxylic acids is 1. The van der Waals surface area contributed by atoms with Gasteiger partial charge in [0.25, 0.3) is 5.91 Å². The zero-order valence-corrected chi connectivity index (χ0v) is 16.2. The summed E-state index contributed by atoms with van der Waals surface area (Å²) in [4.78, 5) is 12.9. The molecule has 1 aromatic heterocycles.